The average molecular weight is 584 g/mol. The number of hydrogen-bond acceptors (Lipinski definition) is 12. The molecule has 1 heterocycles. The maximum absolute atomic E-state index is 15.0. The summed E-state index contributed by atoms with van der Waals surface area (Å²) >= 11 is 0. The second kappa shape index (κ2) is 14.3. The van der Waals surface area contributed by atoms with Crippen molar-refractivity contribution in [2.24, 2.45) is 5.14 Å². The van der Waals surface area contributed by atoms with Crippen LogP contribution in [0, 0.1) is 19.7 Å². The molecule has 0 saturated heterocycles. The van der Waals surface area contributed by atoms with E-state index in [2.05, 4.69) is 14.9 Å². The Morgan fingerprint density at radius 3 is 2.50 bits per heavy atom. The number of primary sulfonamides is 1. The highest BCUT2D eigenvalue weighted by Gasteiger charge is 2.19. The fraction of sp³-hybridized carbons (Fsp3) is 0.375. The molecule has 0 aliphatic carbocycles. The summed E-state index contributed by atoms with van der Waals surface area (Å²) in [5.74, 6) is -1.15. The van der Waals surface area contributed by atoms with Gasteiger partial charge in [-0.15, -0.1) is 5.10 Å². The molecule has 0 aliphatic heterocycles. The number of carbonyl (C=O) groups excluding carboxylic acids is 1. The van der Waals surface area contributed by atoms with E-state index >= 15 is 4.39 Å². The van der Waals surface area contributed by atoms with Crippen LogP contribution in [0.1, 0.15) is 28.3 Å². The quantitative estimate of drug-likeness (QED) is 0.133. The topological polar surface area (TPSA) is 189 Å². The first kappa shape index (κ1) is 31.2. The Bertz CT molecular complexity index is 1420. The van der Waals surface area contributed by atoms with Crippen molar-refractivity contribution in [3.63, 3.8) is 0 Å². The van der Waals surface area contributed by atoms with Gasteiger partial charge in [-0.3, -0.25) is 10.4 Å². The van der Waals surface area contributed by atoms with Crippen molar-refractivity contribution in [1.29, 1.82) is 0 Å². The number of ether oxygens (including phenoxy) is 3. The first-order valence-corrected chi connectivity index (χ1v) is 13.4. The molecule has 0 amide bonds. The van der Waals surface area contributed by atoms with Crippen LogP contribution in [0.2, 0.25) is 0 Å². The van der Waals surface area contributed by atoms with Crippen LogP contribution >= 0.6 is 0 Å². The average Bonchev–Trinajstić information content (AvgIpc) is 3.28. The lowest BCUT2D eigenvalue weighted by Crippen LogP contribution is -2.19. The maximum Gasteiger partial charge on any atom is 0.332 e. The minimum atomic E-state index is -4.11. The van der Waals surface area contributed by atoms with Gasteiger partial charge in [0.2, 0.25) is 10.0 Å². The molecule has 0 spiro atoms. The van der Waals surface area contributed by atoms with Crippen LogP contribution < -0.4 is 5.14 Å². The van der Waals surface area contributed by atoms with Gasteiger partial charge in [0.25, 0.3) is 0 Å². The van der Waals surface area contributed by atoms with Crippen molar-refractivity contribution in [3.8, 4) is 5.69 Å². The summed E-state index contributed by atoms with van der Waals surface area (Å²) in [6.07, 6.45) is 0.271. The number of carbonyl (C=O) groups is 1. The van der Waals surface area contributed by atoms with Crippen molar-refractivity contribution < 1.29 is 47.1 Å². The maximum atomic E-state index is 15.0. The van der Waals surface area contributed by atoms with E-state index in [9.17, 15) is 13.2 Å². The molecule has 14 nitrogen and oxygen atoms in total. The van der Waals surface area contributed by atoms with Gasteiger partial charge in [-0.25, -0.2) is 37.2 Å². The summed E-state index contributed by atoms with van der Waals surface area (Å²) in [5, 5.41) is 25.7. The number of halogens is 1. The molecule has 40 heavy (non-hydrogen) atoms. The summed E-state index contributed by atoms with van der Waals surface area (Å²) in [4.78, 5) is 20.4. The highest BCUT2D eigenvalue weighted by molar-refractivity contribution is 7.89. The highest BCUT2D eigenvalue weighted by Crippen LogP contribution is 2.22. The Kier molecular flexibility index (Phi) is 11.2. The molecule has 0 bridgehead atoms. The van der Waals surface area contributed by atoms with Gasteiger partial charge in [-0.05, 0) is 43.2 Å². The second-order valence-corrected chi connectivity index (χ2v) is 10.1. The van der Waals surface area contributed by atoms with E-state index in [0.29, 0.717) is 5.82 Å². The molecule has 2 aromatic carbocycles. The third-order valence-electron chi connectivity index (χ3n) is 5.44. The van der Waals surface area contributed by atoms with Gasteiger partial charge < -0.3 is 14.2 Å². The molecule has 3 rings (SSSR count). The van der Waals surface area contributed by atoms with E-state index in [-0.39, 0.29) is 62.5 Å². The monoisotopic (exact) mass is 583 g/mol. The fourth-order valence-corrected chi connectivity index (χ4v) is 4.02. The number of rotatable bonds is 15. The number of aromatic nitrogens is 3. The predicted molar refractivity (Wildman–Crippen MR) is 134 cm³/mol. The molecule has 1 aromatic heterocycles. The zero-order valence-electron chi connectivity index (χ0n) is 21.8. The van der Waals surface area contributed by atoms with Gasteiger partial charge >= 0.3 is 5.97 Å². The lowest BCUT2D eigenvalue weighted by molar-refractivity contribution is -0.493. The van der Waals surface area contributed by atoms with Crippen molar-refractivity contribution >= 4 is 16.0 Å². The smallest absolute Gasteiger partial charge is 0.332 e. The van der Waals surface area contributed by atoms with Crippen molar-refractivity contribution in [2.45, 2.75) is 31.8 Å². The molecular weight excluding hydrogens is 553 g/mol. The lowest BCUT2D eigenvalue weighted by atomic mass is 10.0. The number of nitrogens with two attached hydrogens (primary N) is 1. The molecule has 16 heteroatoms. The van der Waals surface area contributed by atoms with E-state index in [1.54, 1.807) is 0 Å². The zero-order chi connectivity index (χ0) is 29.3. The van der Waals surface area contributed by atoms with Gasteiger partial charge in [0.05, 0.1) is 36.7 Å². The summed E-state index contributed by atoms with van der Waals surface area (Å²) in [5.41, 5.74) is 2.86. The number of benzene rings is 2. The number of sulfonamides is 1. The van der Waals surface area contributed by atoms with Gasteiger partial charge in [0, 0.05) is 6.42 Å². The second-order valence-electron chi connectivity index (χ2n) is 8.53. The lowest BCUT2D eigenvalue weighted by Gasteiger charge is -2.10. The summed E-state index contributed by atoms with van der Waals surface area (Å²) in [6.45, 7) is 3.33. The van der Waals surface area contributed by atoms with Gasteiger partial charge in [-0.1, -0.05) is 23.8 Å². The summed E-state index contributed by atoms with van der Waals surface area (Å²) in [7, 11) is -4.11. The molecule has 0 unspecified atom stereocenters. The molecule has 4 N–H and O–H groups in total. The molecule has 218 valence electrons. The van der Waals surface area contributed by atoms with Crippen molar-refractivity contribution in [2.75, 3.05) is 33.0 Å². The first-order chi connectivity index (χ1) is 18.9. The third-order valence-corrected chi connectivity index (χ3v) is 6.35. The highest BCUT2D eigenvalue weighted by atomic mass is 32.2. The number of nitrogens with zero attached hydrogens (tertiary/aromatic N) is 4. The van der Waals surface area contributed by atoms with E-state index in [0.717, 1.165) is 22.8 Å². The van der Waals surface area contributed by atoms with Crippen LogP contribution in [0.3, 0.4) is 0 Å². The van der Waals surface area contributed by atoms with E-state index in [4.69, 9.17) is 29.8 Å². The predicted octanol–water partition coefficient (Wildman–Crippen LogP) is 1.35. The molecule has 0 fully saturated rings. The summed E-state index contributed by atoms with van der Waals surface area (Å²) in [6, 6.07) is 9.08. The third kappa shape index (κ3) is 9.39. The van der Waals surface area contributed by atoms with E-state index < -0.39 is 27.2 Å². The molecule has 0 radical (unpaired) electrons. The first-order valence-electron chi connectivity index (χ1n) is 11.9. The zero-order valence-corrected chi connectivity index (χ0v) is 22.6. The fourth-order valence-electron chi connectivity index (χ4n) is 3.50. The van der Waals surface area contributed by atoms with Crippen LogP contribution in [-0.4, -0.2) is 78.0 Å². The Labute approximate surface area is 229 Å². The summed E-state index contributed by atoms with van der Waals surface area (Å²) < 4.78 is 54.9. The molecular formula is C24H30FN5O9S. The molecule has 0 aliphatic rings. The Morgan fingerprint density at radius 1 is 1.07 bits per heavy atom. The van der Waals surface area contributed by atoms with Crippen LogP contribution in [0.25, 0.3) is 5.69 Å². The van der Waals surface area contributed by atoms with E-state index in [1.165, 1.54) is 16.8 Å². The van der Waals surface area contributed by atoms with Crippen LogP contribution in [0.4, 0.5) is 4.39 Å². The minimum Gasteiger partial charge on any atom is -0.456 e. The van der Waals surface area contributed by atoms with Crippen LogP contribution in [-0.2, 0) is 46.9 Å². The van der Waals surface area contributed by atoms with Crippen molar-refractivity contribution in [3.05, 3.63) is 70.6 Å². The van der Waals surface area contributed by atoms with Gasteiger partial charge in [0.15, 0.2) is 12.4 Å². The molecule has 3 aromatic rings. The Balaban J connectivity index is 1.68. The number of hydrogen-bond donors (Lipinski definition) is 3. The van der Waals surface area contributed by atoms with Crippen LogP contribution in [0.5, 0.6) is 0 Å². The van der Waals surface area contributed by atoms with E-state index in [1.807, 2.05) is 32.0 Å². The largest absolute Gasteiger partial charge is 0.456 e. The Hall–Kier alpha value is -3.35. The molecule has 0 atom stereocenters. The standard InChI is InChI=1S/C24H30FN5O9S/c1-16-3-4-17(2)18(11-16)12-23-27-22(14-38-24(31)15-37-8-7-36-9-10-39-30(32)33)28-29(23)21-6-5-19(13-20(21)25)40(26,34)35/h3-6,11,13,32-33H,7-10,12,14-15H2,1-2H3,(H2,26,34,35). The normalized spacial score (nSPS) is 11.8. The van der Waals surface area contributed by atoms with Gasteiger partial charge in [0.1, 0.15) is 23.9 Å². The van der Waals surface area contributed by atoms with Gasteiger partial charge in [-0.2, -0.15) is 0 Å². The van der Waals surface area contributed by atoms with Crippen molar-refractivity contribution in [1.82, 2.24) is 20.2 Å². The Morgan fingerprint density at radius 2 is 1.80 bits per heavy atom. The molecule has 0 saturated carbocycles. The number of aryl methyl sites for hydroxylation is 2. The number of esters is 1. The van der Waals surface area contributed by atoms with Crippen LogP contribution in [0.15, 0.2) is 41.3 Å². The SMILES string of the molecule is Cc1ccc(C)c(Cc2nc(COC(=O)COCCOCCON(O)O)nn2-c2ccc(S(N)(=O)=O)cc2F)c1. The minimum absolute atomic E-state index is 0.0581.